The van der Waals surface area contributed by atoms with Gasteiger partial charge in [0.15, 0.2) is 0 Å². The van der Waals surface area contributed by atoms with E-state index in [4.69, 9.17) is 5.73 Å². The van der Waals surface area contributed by atoms with E-state index in [1.807, 2.05) is 0 Å². The van der Waals surface area contributed by atoms with Crippen LogP contribution in [0.5, 0.6) is 0 Å². The van der Waals surface area contributed by atoms with Crippen molar-refractivity contribution < 1.29 is 0 Å². The van der Waals surface area contributed by atoms with Crippen LogP contribution in [0.2, 0.25) is 0 Å². The molecule has 2 aliphatic heterocycles. The molecule has 0 spiro atoms. The Bertz CT molecular complexity index is 193. The van der Waals surface area contributed by atoms with E-state index in [1.54, 1.807) is 0 Å². The lowest BCUT2D eigenvalue weighted by Crippen LogP contribution is -2.56. The molecule has 0 aliphatic carbocycles. The maximum atomic E-state index is 5.66. The van der Waals surface area contributed by atoms with Crippen molar-refractivity contribution in [1.29, 1.82) is 0 Å². The van der Waals surface area contributed by atoms with Gasteiger partial charge in [-0.1, -0.05) is 6.42 Å². The van der Waals surface area contributed by atoms with Crippen LogP contribution in [-0.4, -0.2) is 42.7 Å². The van der Waals surface area contributed by atoms with Crippen molar-refractivity contribution in [3.63, 3.8) is 0 Å². The molecule has 3 heteroatoms. The first-order valence-corrected chi connectivity index (χ1v) is 6.38. The lowest BCUT2D eigenvalue weighted by molar-refractivity contribution is 0.0465. The van der Waals surface area contributed by atoms with Crippen LogP contribution < -0.4 is 11.1 Å². The van der Waals surface area contributed by atoms with Gasteiger partial charge in [0.05, 0.1) is 0 Å². The van der Waals surface area contributed by atoms with Crippen LogP contribution in [0.1, 0.15) is 39.0 Å². The van der Waals surface area contributed by atoms with Crippen molar-refractivity contribution in [2.45, 2.75) is 63.2 Å². The van der Waals surface area contributed by atoms with E-state index in [9.17, 15) is 0 Å². The molecular weight excluding hydrogens is 186 g/mol. The van der Waals surface area contributed by atoms with Crippen LogP contribution in [0.25, 0.3) is 0 Å². The molecule has 2 fully saturated rings. The quantitative estimate of drug-likeness (QED) is 0.730. The van der Waals surface area contributed by atoms with Crippen LogP contribution in [0, 0.1) is 0 Å². The van der Waals surface area contributed by atoms with Gasteiger partial charge in [0.25, 0.3) is 0 Å². The molecule has 0 aromatic carbocycles. The average molecular weight is 211 g/mol. The van der Waals surface area contributed by atoms with Crippen molar-refractivity contribution >= 4 is 0 Å². The molecular formula is C12H25N3. The number of hydrogen-bond acceptors (Lipinski definition) is 3. The van der Waals surface area contributed by atoms with E-state index < -0.39 is 0 Å². The number of hydrogen-bond donors (Lipinski definition) is 2. The molecule has 0 saturated carbocycles. The maximum Gasteiger partial charge on any atom is 0.0164 e. The Morgan fingerprint density at radius 2 is 1.93 bits per heavy atom. The van der Waals surface area contributed by atoms with Gasteiger partial charge in [0, 0.05) is 30.7 Å². The van der Waals surface area contributed by atoms with Gasteiger partial charge in [-0.2, -0.15) is 0 Å². The molecule has 3 N–H and O–H groups in total. The molecule has 2 saturated heterocycles. The summed E-state index contributed by atoms with van der Waals surface area (Å²) in [4.78, 5) is 2.61. The smallest absolute Gasteiger partial charge is 0.0164 e. The number of nitrogens with zero attached hydrogens (tertiary/aromatic N) is 1. The second-order valence-electron chi connectivity index (χ2n) is 5.38. The van der Waals surface area contributed by atoms with E-state index in [1.165, 1.54) is 32.1 Å². The molecule has 2 aliphatic rings. The molecule has 2 rings (SSSR count). The fourth-order valence-corrected chi connectivity index (χ4v) is 3.22. The highest BCUT2D eigenvalue weighted by atomic mass is 15.2. The minimum absolute atomic E-state index is 0.471. The molecule has 0 amide bonds. The molecule has 15 heavy (non-hydrogen) atoms. The first-order chi connectivity index (χ1) is 7.20. The van der Waals surface area contributed by atoms with Gasteiger partial charge < -0.3 is 16.0 Å². The van der Waals surface area contributed by atoms with Crippen molar-refractivity contribution in [3.8, 4) is 0 Å². The Kier molecular flexibility index (Phi) is 3.65. The Labute approximate surface area is 93.4 Å². The monoisotopic (exact) mass is 211 g/mol. The normalized spacial score (nSPS) is 39.0. The molecule has 2 bridgehead atoms. The van der Waals surface area contributed by atoms with Crippen LogP contribution in [-0.2, 0) is 0 Å². The summed E-state index contributed by atoms with van der Waals surface area (Å²) in [7, 11) is 2.30. The first kappa shape index (κ1) is 11.4. The summed E-state index contributed by atoms with van der Waals surface area (Å²) in [5, 5.41) is 3.67. The Balaban J connectivity index is 1.89. The fourth-order valence-electron chi connectivity index (χ4n) is 3.22. The van der Waals surface area contributed by atoms with Gasteiger partial charge in [-0.25, -0.2) is 0 Å². The lowest BCUT2D eigenvalue weighted by Gasteiger charge is -2.47. The summed E-state index contributed by atoms with van der Waals surface area (Å²) in [6.07, 6.45) is 6.85. The van der Waals surface area contributed by atoms with Crippen molar-refractivity contribution in [1.82, 2.24) is 10.2 Å². The highest BCUT2D eigenvalue weighted by Crippen LogP contribution is 2.32. The van der Waals surface area contributed by atoms with Gasteiger partial charge in [-0.15, -0.1) is 0 Å². The Morgan fingerprint density at radius 3 is 2.47 bits per heavy atom. The molecule has 3 unspecified atom stereocenters. The minimum Gasteiger partial charge on any atom is -0.329 e. The van der Waals surface area contributed by atoms with E-state index >= 15 is 0 Å². The standard InChI is InChI=1S/C12H25N3/c1-9(8-13)14-10-6-11-4-3-5-12(7-10)15(11)2/h9-12,14H,3-8,13H2,1-2H3. The summed E-state index contributed by atoms with van der Waals surface area (Å²) >= 11 is 0. The largest absolute Gasteiger partial charge is 0.329 e. The molecule has 0 aromatic heterocycles. The summed E-state index contributed by atoms with van der Waals surface area (Å²) < 4.78 is 0. The Hall–Kier alpha value is -0.120. The topological polar surface area (TPSA) is 41.3 Å². The van der Waals surface area contributed by atoms with Crippen LogP contribution in [0.3, 0.4) is 0 Å². The predicted octanol–water partition coefficient (Wildman–Crippen LogP) is 0.939. The zero-order valence-corrected chi connectivity index (χ0v) is 10.1. The third-order valence-electron chi connectivity index (χ3n) is 4.21. The number of rotatable bonds is 3. The average Bonchev–Trinajstić information content (AvgIpc) is 2.19. The summed E-state index contributed by atoms with van der Waals surface area (Å²) in [5.41, 5.74) is 5.66. The molecule has 88 valence electrons. The van der Waals surface area contributed by atoms with Crippen LogP contribution in [0.15, 0.2) is 0 Å². The van der Waals surface area contributed by atoms with Crippen molar-refractivity contribution in [2.24, 2.45) is 5.73 Å². The van der Waals surface area contributed by atoms with E-state index in [0.29, 0.717) is 12.1 Å². The summed E-state index contributed by atoms with van der Waals surface area (Å²) in [5.74, 6) is 0. The third kappa shape index (κ3) is 2.52. The first-order valence-electron chi connectivity index (χ1n) is 6.38. The van der Waals surface area contributed by atoms with Crippen LogP contribution >= 0.6 is 0 Å². The molecule has 2 heterocycles. The molecule has 3 atom stereocenters. The lowest BCUT2D eigenvalue weighted by atomic mass is 9.82. The van der Waals surface area contributed by atoms with Gasteiger partial charge in [-0.3, -0.25) is 0 Å². The van der Waals surface area contributed by atoms with Crippen molar-refractivity contribution in [3.05, 3.63) is 0 Å². The number of fused-ring (bicyclic) bond motifs is 2. The van der Waals surface area contributed by atoms with Crippen LogP contribution in [0.4, 0.5) is 0 Å². The SMILES string of the molecule is CC(CN)NC1CC2CCCC(C1)N2C. The predicted molar refractivity (Wildman–Crippen MR) is 63.9 cm³/mol. The van der Waals surface area contributed by atoms with Gasteiger partial charge in [-0.05, 0) is 39.7 Å². The zero-order valence-electron chi connectivity index (χ0n) is 10.1. The van der Waals surface area contributed by atoms with E-state index in [-0.39, 0.29) is 0 Å². The fraction of sp³-hybridized carbons (Fsp3) is 1.00. The second kappa shape index (κ2) is 4.81. The van der Waals surface area contributed by atoms with Gasteiger partial charge >= 0.3 is 0 Å². The maximum absolute atomic E-state index is 5.66. The molecule has 0 aromatic rings. The van der Waals surface area contributed by atoms with Gasteiger partial charge in [0.1, 0.15) is 0 Å². The summed E-state index contributed by atoms with van der Waals surface area (Å²) in [6.45, 7) is 2.94. The van der Waals surface area contributed by atoms with Crippen molar-refractivity contribution in [2.75, 3.05) is 13.6 Å². The highest BCUT2D eigenvalue weighted by molar-refractivity contribution is 4.94. The van der Waals surface area contributed by atoms with Gasteiger partial charge in [0.2, 0.25) is 0 Å². The van der Waals surface area contributed by atoms with E-state index in [2.05, 4.69) is 24.2 Å². The minimum atomic E-state index is 0.471. The number of nitrogens with one attached hydrogen (secondary N) is 1. The van der Waals surface area contributed by atoms with E-state index in [0.717, 1.165) is 18.6 Å². The third-order valence-corrected chi connectivity index (χ3v) is 4.21. The zero-order chi connectivity index (χ0) is 10.8. The second-order valence-corrected chi connectivity index (χ2v) is 5.38. The number of piperidine rings is 2. The summed E-state index contributed by atoms with van der Waals surface area (Å²) in [6, 6.07) is 2.81. The highest BCUT2D eigenvalue weighted by Gasteiger charge is 2.35. The molecule has 3 nitrogen and oxygen atoms in total. The number of nitrogens with two attached hydrogens (primary N) is 1. The Morgan fingerprint density at radius 1 is 1.33 bits per heavy atom. The molecule has 0 radical (unpaired) electrons.